The van der Waals surface area contributed by atoms with E-state index in [2.05, 4.69) is 9.97 Å². The van der Waals surface area contributed by atoms with Crippen molar-refractivity contribution in [1.82, 2.24) is 9.97 Å². The number of ether oxygens (including phenoxy) is 2. The molecule has 2 heterocycles. The highest BCUT2D eigenvalue weighted by atomic mass is 19.1. The van der Waals surface area contributed by atoms with Crippen molar-refractivity contribution in [3.05, 3.63) is 66.9 Å². The number of rotatable bonds is 4. The molecule has 2 aromatic heterocycles. The second kappa shape index (κ2) is 6.22. The quantitative estimate of drug-likeness (QED) is 0.727. The van der Waals surface area contributed by atoms with E-state index >= 15 is 0 Å². The highest BCUT2D eigenvalue weighted by Gasteiger charge is 2.13. The molecule has 0 saturated heterocycles. The first kappa shape index (κ1) is 14.0. The Kier molecular flexibility index (Phi) is 3.96. The molecule has 22 heavy (non-hydrogen) atoms. The standard InChI is InChI=1S/C17H13FN2O2/c1-21-16-8-10-19-11-15(16)14-3-2-9-20-17(14)22-13-6-4-12(18)5-7-13/h2-11H,1H3. The smallest absolute Gasteiger partial charge is 0.227 e. The second-order valence-corrected chi connectivity index (χ2v) is 4.49. The minimum Gasteiger partial charge on any atom is -0.496 e. The molecule has 0 radical (unpaired) electrons. The molecule has 0 aliphatic heterocycles. The van der Waals surface area contributed by atoms with Gasteiger partial charge in [0, 0.05) is 29.7 Å². The summed E-state index contributed by atoms with van der Waals surface area (Å²) in [7, 11) is 1.59. The maximum absolute atomic E-state index is 13.0. The van der Waals surface area contributed by atoms with E-state index in [9.17, 15) is 4.39 Å². The second-order valence-electron chi connectivity index (χ2n) is 4.49. The number of benzene rings is 1. The molecule has 0 aliphatic rings. The summed E-state index contributed by atoms with van der Waals surface area (Å²) >= 11 is 0. The Morgan fingerprint density at radius 3 is 2.55 bits per heavy atom. The zero-order valence-corrected chi connectivity index (χ0v) is 11.9. The zero-order chi connectivity index (χ0) is 15.4. The summed E-state index contributed by atoms with van der Waals surface area (Å²) in [5, 5.41) is 0. The Bertz CT molecular complexity index is 776. The highest BCUT2D eigenvalue weighted by Crippen LogP contribution is 2.35. The van der Waals surface area contributed by atoms with Crippen LogP contribution in [0.2, 0.25) is 0 Å². The van der Waals surface area contributed by atoms with E-state index in [1.165, 1.54) is 12.1 Å². The third-order valence-corrected chi connectivity index (χ3v) is 3.09. The SMILES string of the molecule is COc1ccncc1-c1cccnc1Oc1ccc(F)cc1. The molecular weight excluding hydrogens is 283 g/mol. The van der Waals surface area contributed by atoms with Crippen molar-refractivity contribution in [1.29, 1.82) is 0 Å². The van der Waals surface area contributed by atoms with E-state index in [1.54, 1.807) is 50.0 Å². The van der Waals surface area contributed by atoms with E-state index in [0.29, 0.717) is 17.4 Å². The lowest BCUT2D eigenvalue weighted by atomic mass is 10.1. The number of pyridine rings is 2. The topological polar surface area (TPSA) is 44.2 Å². The van der Waals surface area contributed by atoms with E-state index < -0.39 is 0 Å². The largest absolute Gasteiger partial charge is 0.496 e. The van der Waals surface area contributed by atoms with Crippen molar-refractivity contribution in [2.24, 2.45) is 0 Å². The minimum absolute atomic E-state index is 0.317. The molecule has 1 aromatic carbocycles. The molecule has 3 aromatic rings. The first-order valence-electron chi connectivity index (χ1n) is 6.65. The fourth-order valence-corrected chi connectivity index (χ4v) is 2.05. The highest BCUT2D eigenvalue weighted by molar-refractivity contribution is 5.73. The molecule has 0 bridgehead atoms. The van der Waals surface area contributed by atoms with Gasteiger partial charge < -0.3 is 9.47 Å². The van der Waals surface area contributed by atoms with Crippen LogP contribution in [0.4, 0.5) is 4.39 Å². The van der Waals surface area contributed by atoms with Crippen molar-refractivity contribution < 1.29 is 13.9 Å². The van der Waals surface area contributed by atoms with Gasteiger partial charge in [-0.05, 0) is 42.5 Å². The van der Waals surface area contributed by atoms with Crippen molar-refractivity contribution in [2.45, 2.75) is 0 Å². The molecule has 4 nitrogen and oxygen atoms in total. The molecule has 3 rings (SSSR count). The Balaban J connectivity index is 2.01. The molecule has 0 aliphatic carbocycles. The van der Waals surface area contributed by atoms with Crippen LogP contribution in [-0.2, 0) is 0 Å². The van der Waals surface area contributed by atoms with Gasteiger partial charge in [0.2, 0.25) is 5.88 Å². The van der Waals surface area contributed by atoms with Gasteiger partial charge in [-0.2, -0.15) is 0 Å². The average molecular weight is 296 g/mol. The average Bonchev–Trinajstić information content (AvgIpc) is 2.57. The third-order valence-electron chi connectivity index (χ3n) is 3.09. The zero-order valence-electron chi connectivity index (χ0n) is 11.9. The fraction of sp³-hybridized carbons (Fsp3) is 0.0588. The Morgan fingerprint density at radius 2 is 1.77 bits per heavy atom. The van der Waals surface area contributed by atoms with E-state index in [4.69, 9.17) is 9.47 Å². The van der Waals surface area contributed by atoms with E-state index in [1.807, 2.05) is 6.07 Å². The molecule has 0 spiro atoms. The number of hydrogen-bond donors (Lipinski definition) is 0. The summed E-state index contributed by atoms with van der Waals surface area (Å²) < 4.78 is 24.1. The van der Waals surface area contributed by atoms with Crippen molar-refractivity contribution in [2.75, 3.05) is 7.11 Å². The van der Waals surface area contributed by atoms with Crippen LogP contribution >= 0.6 is 0 Å². The summed E-state index contributed by atoms with van der Waals surface area (Å²) in [6.07, 6.45) is 4.97. The Labute approximate surface area is 127 Å². The van der Waals surface area contributed by atoms with Crippen LogP contribution in [-0.4, -0.2) is 17.1 Å². The van der Waals surface area contributed by atoms with Gasteiger partial charge in [0.15, 0.2) is 0 Å². The van der Waals surface area contributed by atoms with Crippen LogP contribution < -0.4 is 9.47 Å². The third kappa shape index (κ3) is 2.88. The van der Waals surface area contributed by atoms with Crippen molar-refractivity contribution >= 4 is 0 Å². The van der Waals surface area contributed by atoms with Crippen LogP contribution in [0.25, 0.3) is 11.1 Å². The van der Waals surface area contributed by atoms with E-state index in [0.717, 1.165) is 11.1 Å². The number of methoxy groups -OCH3 is 1. The van der Waals surface area contributed by atoms with Crippen LogP contribution in [0.15, 0.2) is 61.1 Å². The Morgan fingerprint density at radius 1 is 0.955 bits per heavy atom. The Hall–Kier alpha value is -2.95. The first-order valence-corrected chi connectivity index (χ1v) is 6.65. The predicted octanol–water partition coefficient (Wildman–Crippen LogP) is 4.08. The van der Waals surface area contributed by atoms with Gasteiger partial charge in [-0.25, -0.2) is 9.37 Å². The number of nitrogens with zero attached hydrogens (tertiary/aromatic N) is 2. The van der Waals surface area contributed by atoms with E-state index in [-0.39, 0.29) is 5.82 Å². The molecule has 0 atom stereocenters. The lowest BCUT2D eigenvalue weighted by molar-refractivity contribution is 0.415. The van der Waals surface area contributed by atoms with Gasteiger partial charge in [-0.15, -0.1) is 0 Å². The van der Waals surface area contributed by atoms with Gasteiger partial charge in [-0.3, -0.25) is 4.98 Å². The van der Waals surface area contributed by atoms with Crippen LogP contribution in [0.3, 0.4) is 0 Å². The number of aromatic nitrogens is 2. The summed E-state index contributed by atoms with van der Waals surface area (Å²) in [6.45, 7) is 0. The monoisotopic (exact) mass is 296 g/mol. The summed E-state index contributed by atoms with van der Waals surface area (Å²) in [5.74, 6) is 1.26. The molecule has 110 valence electrons. The fourth-order valence-electron chi connectivity index (χ4n) is 2.05. The maximum atomic E-state index is 13.0. The molecule has 5 heteroatoms. The van der Waals surface area contributed by atoms with Crippen molar-refractivity contribution in [3.63, 3.8) is 0 Å². The summed E-state index contributed by atoms with van der Waals surface area (Å²) in [4.78, 5) is 8.37. The first-order chi connectivity index (χ1) is 10.8. The normalized spacial score (nSPS) is 10.3. The predicted molar refractivity (Wildman–Crippen MR) is 80.5 cm³/mol. The van der Waals surface area contributed by atoms with Gasteiger partial charge in [0.25, 0.3) is 0 Å². The van der Waals surface area contributed by atoms with Crippen LogP contribution in [0.5, 0.6) is 17.4 Å². The molecular formula is C17H13FN2O2. The molecule has 0 unspecified atom stereocenters. The molecule has 0 N–H and O–H groups in total. The maximum Gasteiger partial charge on any atom is 0.227 e. The number of halogens is 1. The lowest BCUT2D eigenvalue weighted by Crippen LogP contribution is -1.94. The van der Waals surface area contributed by atoms with Crippen LogP contribution in [0.1, 0.15) is 0 Å². The van der Waals surface area contributed by atoms with Gasteiger partial charge >= 0.3 is 0 Å². The van der Waals surface area contributed by atoms with Gasteiger partial charge in [0.05, 0.1) is 7.11 Å². The van der Waals surface area contributed by atoms with Gasteiger partial charge in [0.1, 0.15) is 17.3 Å². The molecule has 0 fully saturated rings. The summed E-state index contributed by atoms with van der Waals surface area (Å²) in [6, 6.07) is 11.2. The van der Waals surface area contributed by atoms with Crippen LogP contribution in [0, 0.1) is 5.82 Å². The van der Waals surface area contributed by atoms with Crippen molar-refractivity contribution in [3.8, 4) is 28.5 Å². The molecule has 0 amide bonds. The lowest BCUT2D eigenvalue weighted by Gasteiger charge is -2.12. The number of hydrogen-bond acceptors (Lipinski definition) is 4. The summed E-state index contributed by atoms with van der Waals surface area (Å²) in [5.41, 5.74) is 1.52. The minimum atomic E-state index is -0.317. The van der Waals surface area contributed by atoms with Gasteiger partial charge in [-0.1, -0.05) is 0 Å². The molecule has 0 saturated carbocycles.